The van der Waals surface area contributed by atoms with Crippen LogP contribution in [0.3, 0.4) is 0 Å². The lowest BCUT2D eigenvalue weighted by atomic mass is 9.77. The lowest BCUT2D eigenvalue weighted by molar-refractivity contribution is 0.590. The first-order chi connectivity index (χ1) is 24.6. The SMILES string of the molecule is CC(C)(C)c1ccc(-c2c3cc4c(cc3c(-c3ccc(C(C)(C)C)cc3)c3cc5c(cc23)-c2ccccc2C5(C)C)C(C)(C)c2ccccc2-4)cc1. The number of rotatable bonds is 2. The molecule has 7 aromatic rings. The Balaban J connectivity index is 1.48. The minimum Gasteiger partial charge on any atom is -0.0619 e. The molecule has 0 saturated heterocycles. The summed E-state index contributed by atoms with van der Waals surface area (Å²) in [5, 5.41) is 5.31. The monoisotopic (exact) mass is 674 g/mol. The molecule has 0 bridgehead atoms. The van der Waals surface area contributed by atoms with E-state index in [0.29, 0.717) is 0 Å². The van der Waals surface area contributed by atoms with Crippen LogP contribution in [0.2, 0.25) is 0 Å². The molecule has 0 radical (unpaired) electrons. The summed E-state index contributed by atoms with van der Waals surface area (Å²) in [7, 11) is 0. The molecule has 0 spiro atoms. The molecule has 0 amide bonds. The van der Waals surface area contributed by atoms with E-state index in [9.17, 15) is 0 Å². The van der Waals surface area contributed by atoms with Gasteiger partial charge in [-0.25, -0.2) is 0 Å². The van der Waals surface area contributed by atoms with Crippen LogP contribution in [0.4, 0.5) is 0 Å². The van der Waals surface area contributed by atoms with Crippen molar-refractivity contribution in [2.75, 3.05) is 0 Å². The summed E-state index contributed by atoms with van der Waals surface area (Å²) in [6.07, 6.45) is 0. The smallest absolute Gasteiger partial charge is 0.0159 e. The van der Waals surface area contributed by atoms with Crippen molar-refractivity contribution >= 4 is 21.5 Å². The maximum atomic E-state index is 2.57. The van der Waals surface area contributed by atoms with Gasteiger partial charge in [0.1, 0.15) is 0 Å². The fraction of sp³-hybridized carbons (Fsp3) is 0.269. The van der Waals surface area contributed by atoms with Gasteiger partial charge in [0.05, 0.1) is 0 Å². The second-order valence-corrected chi connectivity index (χ2v) is 18.6. The minimum absolute atomic E-state index is 0.0813. The fourth-order valence-corrected chi connectivity index (χ4v) is 9.51. The lowest BCUT2D eigenvalue weighted by Gasteiger charge is -2.26. The molecular weight excluding hydrogens is 625 g/mol. The van der Waals surface area contributed by atoms with Gasteiger partial charge in [0.15, 0.2) is 0 Å². The van der Waals surface area contributed by atoms with Crippen LogP contribution in [0.1, 0.15) is 103 Å². The molecule has 0 atom stereocenters. The molecule has 258 valence electrons. The summed E-state index contributed by atoms with van der Waals surface area (Å²) in [4.78, 5) is 0. The van der Waals surface area contributed by atoms with E-state index in [-0.39, 0.29) is 21.7 Å². The van der Waals surface area contributed by atoms with Crippen LogP contribution >= 0.6 is 0 Å². The van der Waals surface area contributed by atoms with Crippen molar-refractivity contribution in [2.24, 2.45) is 0 Å². The second-order valence-electron chi connectivity index (χ2n) is 18.6. The Morgan fingerprint density at radius 1 is 0.346 bits per heavy atom. The molecule has 0 unspecified atom stereocenters. The molecule has 0 fully saturated rings. The molecule has 0 heteroatoms. The third-order valence-electron chi connectivity index (χ3n) is 12.6. The number of fused-ring (bicyclic) bond motifs is 8. The van der Waals surface area contributed by atoms with Crippen molar-refractivity contribution in [3.63, 3.8) is 0 Å². The molecule has 0 heterocycles. The van der Waals surface area contributed by atoms with Gasteiger partial charge < -0.3 is 0 Å². The standard InChI is InChI=1S/C52H50/c1-49(2,3)33-23-19-31(20-24-33)47-39-27-37-35-15-11-13-17-43(35)51(7,8)45(37)29-41(39)48(32-21-25-34(26-22-32)50(4,5)6)42-30-46-38(28-40(42)47)36-16-12-14-18-44(36)52(46,9)10/h11-30H,1-10H3. The number of benzene rings is 7. The first-order valence-electron chi connectivity index (χ1n) is 19.1. The summed E-state index contributed by atoms with van der Waals surface area (Å²) >= 11 is 0. The van der Waals surface area contributed by atoms with E-state index in [4.69, 9.17) is 0 Å². The van der Waals surface area contributed by atoms with E-state index in [0.717, 1.165) is 0 Å². The molecule has 7 aromatic carbocycles. The van der Waals surface area contributed by atoms with Crippen molar-refractivity contribution in [1.29, 1.82) is 0 Å². The van der Waals surface area contributed by atoms with Crippen LogP contribution in [-0.4, -0.2) is 0 Å². The first-order valence-corrected chi connectivity index (χ1v) is 19.1. The van der Waals surface area contributed by atoms with Crippen LogP contribution in [0.5, 0.6) is 0 Å². The van der Waals surface area contributed by atoms with Gasteiger partial charge in [0, 0.05) is 10.8 Å². The second kappa shape index (κ2) is 10.8. The third-order valence-corrected chi connectivity index (χ3v) is 12.6. The highest BCUT2D eigenvalue weighted by Crippen LogP contribution is 2.56. The summed E-state index contributed by atoms with van der Waals surface area (Å²) < 4.78 is 0. The Morgan fingerprint density at radius 2 is 0.673 bits per heavy atom. The van der Waals surface area contributed by atoms with Crippen molar-refractivity contribution in [3.05, 3.63) is 155 Å². The average Bonchev–Trinajstić information content (AvgIpc) is 3.47. The maximum Gasteiger partial charge on any atom is 0.0159 e. The molecule has 0 N–H and O–H groups in total. The first kappa shape index (κ1) is 32.9. The Hall–Kier alpha value is -4.94. The van der Waals surface area contributed by atoms with E-state index in [1.165, 1.54) is 99.4 Å². The molecule has 0 nitrogen and oxygen atoms in total. The van der Waals surface area contributed by atoms with Crippen LogP contribution in [0, 0.1) is 0 Å². The topological polar surface area (TPSA) is 0 Å². The van der Waals surface area contributed by atoms with Gasteiger partial charge in [0.2, 0.25) is 0 Å². The molecule has 0 aromatic heterocycles. The van der Waals surface area contributed by atoms with Crippen molar-refractivity contribution in [1.82, 2.24) is 0 Å². The minimum atomic E-state index is -0.0987. The third kappa shape index (κ3) is 4.66. The zero-order valence-corrected chi connectivity index (χ0v) is 32.5. The summed E-state index contributed by atoms with van der Waals surface area (Å²) in [6, 6.07) is 47.3. The lowest BCUT2D eigenvalue weighted by Crippen LogP contribution is -2.15. The van der Waals surface area contributed by atoms with Crippen molar-refractivity contribution in [3.8, 4) is 44.5 Å². The van der Waals surface area contributed by atoms with Gasteiger partial charge in [-0.05, 0) is 135 Å². The Labute approximate surface area is 310 Å². The van der Waals surface area contributed by atoms with Gasteiger partial charge in [-0.15, -0.1) is 0 Å². The van der Waals surface area contributed by atoms with E-state index < -0.39 is 0 Å². The van der Waals surface area contributed by atoms with Gasteiger partial charge in [-0.3, -0.25) is 0 Å². The quantitative estimate of drug-likeness (QED) is 0.160. The zero-order chi connectivity index (χ0) is 36.5. The number of hydrogen-bond acceptors (Lipinski definition) is 0. The van der Waals surface area contributed by atoms with Crippen LogP contribution < -0.4 is 0 Å². The number of hydrogen-bond donors (Lipinski definition) is 0. The molecule has 52 heavy (non-hydrogen) atoms. The van der Waals surface area contributed by atoms with Crippen LogP contribution in [0.25, 0.3) is 66.1 Å². The van der Waals surface area contributed by atoms with E-state index in [2.05, 4.69) is 191 Å². The average molecular weight is 675 g/mol. The Kier molecular flexibility index (Phi) is 6.84. The van der Waals surface area contributed by atoms with Crippen molar-refractivity contribution in [2.45, 2.75) is 90.9 Å². The van der Waals surface area contributed by atoms with E-state index >= 15 is 0 Å². The highest BCUT2D eigenvalue weighted by molar-refractivity contribution is 6.23. The molecule has 9 rings (SSSR count). The summed E-state index contributed by atoms with van der Waals surface area (Å²) in [5.41, 5.74) is 19.0. The van der Waals surface area contributed by atoms with Gasteiger partial charge in [0.25, 0.3) is 0 Å². The van der Waals surface area contributed by atoms with Gasteiger partial charge in [-0.1, -0.05) is 166 Å². The largest absolute Gasteiger partial charge is 0.0619 e. The van der Waals surface area contributed by atoms with Crippen LogP contribution in [0.15, 0.2) is 121 Å². The Morgan fingerprint density at radius 3 is 1.02 bits per heavy atom. The van der Waals surface area contributed by atoms with E-state index in [1.54, 1.807) is 0 Å². The predicted octanol–water partition coefficient (Wildman–Crippen LogP) is 14.5. The maximum absolute atomic E-state index is 2.57. The highest BCUT2D eigenvalue weighted by atomic mass is 14.4. The highest BCUT2D eigenvalue weighted by Gasteiger charge is 2.38. The molecule has 0 aliphatic heterocycles. The van der Waals surface area contributed by atoms with Crippen molar-refractivity contribution < 1.29 is 0 Å². The molecule has 0 saturated carbocycles. The van der Waals surface area contributed by atoms with Gasteiger partial charge in [-0.2, -0.15) is 0 Å². The molecule has 2 aliphatic rings. The summed E-state index contributed by atoms with van der Waals surface area (Å²) in [5.74, 6) is 0. The fourth-order valence-electron chi connectivity index (χ4n) is 9.51. The van der Waals surface area contributed by atoms with Crippen LogP contribution in [-0.2, 0) is 21.7 Å². The normalized spacial score (nSPS) is 15.4. The predicted molar refractivity (Wildman–Crippen MR) is 225 cm³/mol. The molecule has 2 aliphatic carbocycles. The zero-order valence-electron chi connectivity index (χ0n) is 32.5. The van der Waals surface area contributed by atoms with Gasteiger partial charge >= 0.3 is 0 Å². The Bertz CT molecular complexity index is 2470. The molecular formula is C52H50. The van der Waals surface area contributed by atoms with E-state index in [1.807, 2.05) is 0 Å². The summed E-state index contributed by atoms with van der Waals surface area (Å²) in [6.45, 7) is 23.4.